The number of hydrogen-bond acceptors (Lipinski definition) is 3. The number of carbonyl (C=O) groups excluding carboxylic acids is 1. The fraction of sp³-hybridized carbons (Fsp3) is 0.0690. The van der Waals surface area contributed by atoms with E-state index in [-0.39, 0.29) is 5.97 Å². The lowest BCUT2D eigenvalue weighted by Gasteiger charge is -2.17. The zero-order chi connectivity index (χ0) is 22.1. The van der Waals surface area contributed by atoms with E-state index in [9.17, 15) is 4.79 Å². The van der Waals surface area contributed by atoms with Gasteiger partial charge in [0.15, 0.2) is 0 Å². The van der Waals surface area contributed by atoms with E-state index in [1.165, 1.54) is 17.9 Å². The number of rotatable bonds is 4. The number of hydrogen-bond donors (Lipinski definition) is 0. The molecule has 32 heavy (non-hydrogen) atoms. The molecule has 0 heterocycles. The highest BCUT2D eigenvalue weighted by Gasteiger charge is 2.21. The molecular formula is C29H22O2S. The normalized spacial score (nSPS) is 11.1. The maximum absolute atomic E-state index is 12.9. The predicted molar refractivity (Wildman–Crippen MR) is 135 cm³/mol. The third-order valence-electron chi connectivity index (χ3n) is 5.89. The summed E-state index contributed by atoms with van der Waals surface area (Å²) in [4.78, 5) is 13.9. The molecule has 0 aliphatic heterocycles. The summed E-state index contributed by atoms with van der Waals surface area (Å²) in [6, 6.07) is 33.5. The summed E-state index contributed by atoms with van der Waals surface area (Å²) in [7, 11) is 1.44. The molecule has 0 N–H and O–H groups in total. The molecule has 156 valence electrons. The minimum atomic E-state index is -0.318. The van der Waals surface area contributed by atoms with Crippen molar-refractivity contribution < 1.29 is 9.53 Å². The molecule has 5 rings (SSSR count). The van der Waals surface area contributed by atoms with Crippen LogP contribution in [0, 0.1) is 0 Å². The summed E-state index contributed by atoms with van der Waals surface area (Å²) in [6.07, 6.45) is 2.00. The van der Waals surface area contributed by atoms with Crippen LogP contribution in [0.1, 0.15) is 10.4 Å². The highest BCUT2D eigenvalue weighted by Crippen LogP contribution is 2.40. The van der Waals surface area contributed by atoms with Gasteiger partial charge in [-0.2, -0.15) is 0 Å². The summed E-state index contributed by atoms with van der Waals surface area (Å²) in [5, 5.41) is 4.64. The van der Waals surface area contributed by atoms with Crippen LogP contribution in [-0.2, 0) is 4.74 Å². The van der Waals surface area contributed by atoms with Crippen molar-refractivity contribution >= 4 is 39.3 Å². The Labute approximate surface area is 191 Å². The molecule has 0 amide bonds. The van der Waals surface area contributed by atoms with E-state index in [0.717, 1.165) is 37.9 Å². The minimum absolute atomic E-state index is 0.318. The zero-order valence-corrected chi connectivity index (χ0v) is 18.8. The van der Waals surface area contributed by atoms with Gasteiger partial charge in [-0.25, -0.2) is 4.79 Å². The van der Waals surface area contributed by atoms with Crippen LogP contribution in [0.5, 0.6) is 0 Å². The van der Waals surface area contributed by atoms with E-state index >= 15 is 0 Å². The first kappa shape index (κ1) is 20.3. The van der Waals surface area contributed by atoms with Crippen molar-refractivity contribution in [1.29, 1.82) is 0 Å². The van der Waals surface area contributed by atoms with Crippen LogP contribution in [0.2, 0.25) is 0 Å². The lowest BCUT2D eigenvalue weighted by molar-refractivity contribution is 0.0598. The maximum atomic E-state index is 12.9. The van der Waals surface area contributed by atoms with Crippen molar-refractivity contribution in [3.63, 3.8) is 0 Å². The van der Waals surface area contributed by atoms with Crippen LogP contribution in [0.4, 0.5) is 0 Å². The number of carbonyl (C=O) groups is 1. The van der Waals surface area contributed by atoms with Crippen LogP contribution in [0.3, 0.4) is 0 Å². The number of benzene rings is 5. The van der Waals surface area contributed by atoms with Gasteiger partial charge in [-0.15, -0.1) is 11.8 Å². The van der Waals surface area contributed by atoms with Crippen molar-refractivity contribution in [3.05, 3.63) is 103 Å². The smallest absolute Gasteiger partial charge is 0.339 e. The lowest BCUT2D eigenvalue weighted by Crippen LogP contribution is -2.06. The van der Waals surface area contributed by atoms with E-state index in [1.54, 1.807) is 11.8 Å². The molecule has 2 nitrogen and oxygen atoms in total. The quantitative estimate of drug-likeness (QED) is 0.213. The van der Waals surface area contributed by atoms with Gasteiger partial charge in [0.25, 0.3) is 0 Å². The van der Waals surface area contributed by atoms with Crippen molar-refractivity contribution in [3.8, 4) is 22.3 Å². The average molecular weight is 435 g/mol. The average Bonchev–Trinajstić information content (AvgIpc) is 2.86. The Bertz CT molecular complexity index is 1460. The van der Waals surface area contributed by atoms with Crippen LogP contribution in [0.15, 0.2) is 102 Å². The van der Waals surface area contributed by atoms with Gasteiger partial charge in [-0.05, 0) is 62.2 Å². The summed E-state index contributed by atoms with van der Waals surface area (Å²) in [6.45, 7) is 0. The largest absolute Gasteiger partial charge is 0.465 e. The Balaban J connectivity index is 1.87. The van der Waals surface area contributed by atoms with Crippen molar-refractivity contribution in [2.24, 2.45) is 0 Å². The predicted octanol–water partition coefficient (Wildman–Crippen LogP) is 7.84. The van der Waals surface area contributed by atoms with E-state index in [0.29, 0.717) is 5.56 Å². The highest BCUT2D eigenvalue weighted by atomic mass is 32.2. The number of ether oxygens (including phenoxy) is 1. The molecule has 0 aliphatic carbocycles. The van der Waals surface area contributed by atoms with E-state index in [4.69, 9.17) is 4.74 Å². The van der Waals surface area contributed by atoms with E-state index in [1.807, 2.05) is 24.5 Å². The van der Waals surface area contributed by atoms with Gasteiger partial charge in [0.2, 0.25) is 0 Å². The Morgan fingerprint density at radius 2 is 1.25 bits per heavy atom. The Kier molecular flexibility index (Phi) is 5.42. The molecule has 0 spiro atoms. The number of methoxy groups -OCH3 is 1. The summed E-state index contributed by atoms with van der Waals surface area (Å²) < 4.78 is 5.22. The molecule has 0 radical (unpaired) electrons. The molecule has 5 aromatic carbocycles. The first-order chi connectivity index (χ1) is 15.7. The highest BCUT2D eigenvalue weighted by molar-refractivity contribution is 7.98. The Morgan fingerprint density at radius 3 is 1.88 bits per heavy atom. The van der Waals surface area contributed by atoms with E-state index in [2.05, 4.69) is 78.9 Å². The van der Waals surface area contributed by atoms with Crippen LogP contribution in [0.25, 0.3) is 43.8 Å². The number of thioether (sulfide) groups is 1. The van der Waals surface area contributed by atoms with Gasteiger partial charge in [0.05, 0.1) is 12.7 Å². The molecule has 0 fully saturated rings. The summed E-state index contributed by atoms with van der Waals surface area (Å²) in [5.74, 6) is -0.318. The first-order valence-corrected chi connectivity index (χ1v) is 11.7. The number of fused-ring (bicyclic) bond motifs is 2. The van der Waals surface area contributed by atoms with Gasteiger partial charge in [-0.1, -0.05) is 84.9 Å². The topological polar surface area (TPSA) is 26.3 Å². The van der Waals surface area contributed by atoms with Gasteiger partial charge in [-0.3, -0.25) is 0 Å². The molecule has 5 aromatic rings. The second kappa shape index (κ2) is 8.52. The molecule has 0 bridgehead atoms. The Hall–Kier alpha value is -3.56. The second-order valence-corrected chi connectivity index (χ2v) is 8.49. The van der Waals surface area contributed by atoms with Crippen molar-refractivity contribution in [2.45, 2.75) is 4.90 Å². The fourth-order valence-electron chi connectivity index (χ4n) is 4.39. The SMILES string of the molecule is COC(=O)c1c(SC)cc(-c2cccc3ccccc23)cc1-c1cccc2ccccc12. The van der Waals surface area contributed by atoms with Crippen molar-refractivity contribution in [2.75, 3.05) is 13.4 Å². The zero-order valence-electron chi connectivity index (χ0n) is 18.0. The van der Waals surface area contributed by atoms with Crippen LogP contribution in [-0.4, -0.2) is 19.3 Å². The minimum Gasteiger partial charge on any atom is -0.465 e. The monoisotopic (exact) mass is 434 g/mol. The van der Waals surface area contributed by atoms with Gasteiger partial charge in [0, 0.05) is 4.90 Å². The summed E-state index contributed by atoms with van der Waals surface area (Å²) >= 11 is 1.57. The lowest BCUT2D eigenvalue weighted by atomic mass is 9.90. The van der Waals surface area contributed by atoms with Gasteiger partial charge >= 0.3 is 5.97 Å². The molecular weight excluding hydrogens is 412 g/mol. The first-order valence-electron chi connectivity index (χ1n) is 10.5. The van der Waals surface area contributed by atoms with Gasteiger partial charge in [0.1, 0.15) is 0 Å². The third-order valence-corrected chi connectivity index (χ3v) is 6.65. The molecule has 0 saturated heterocycles. The second-order valence-electron chi connectivity index (χ2n) is 7.65. The third kappa shape index (κ3) is 3.45. The molecule has 0 aliphatic rings. The van der Waals surface area contributed by atoms with Crippen molar-refractivity contribution in [1.82, 2.24) is 0 Å². The van der Waals surface area contributed by atoms with Crippen LogP contribution < -0.4 is 0 Å². The molecule has 3 heteroatoms. The van der Waals surface area contributed by atoms with Crippen LogP contribution >= 0.6 is 11.8 Å². The molecule has 0 saturated carbocycles. The molecule has 0 aromatic heterocycles. The molecule has 0 atom stereocenters. The summed E-state index contributed by atoms with van der Waals surface area (Å²) in [5.41, 5.74) is 4.77. The maximum Gasteiger partial charge on any atom is 0.339 e. The number of esters is 1. The van der Waals surface area contributed by atoms with Gasteiger partial charge < -0.3 is 4.74 Å². The standard InChI is InChI=1S/C29H22O2S/c1-31-29(30)28-26(25-16-8-12-20-10-4-6-14-23(20)25)17-21(18-27(28)32-2)24-15-7-11-19-9-3-5-13-22(19)24/h3-18H,1-2H3. The van der Waals surface area contributed by atoms with E-state index < -0.39 is 0 Å². The Morgan fingerprint density at radius 1 is 0.688 bits per heavy atom. The molecule has 0 unspecified atom stereocenters. The fourth-order valence-corrected chi connectivity index (χ4v) is 5.04.